The summed E-state index contributed by atoms with van der Waals surface area (Å²) in [5, 5.41) is 0. The number of amides is 1. The van der Waals surface area contributed by atoms with Gasteiger partial charge in [-0.1, -0.05) is 43.3 Å². The van der Waals surface area contributed by atoms with Gasteiger partial charge < -0.3 is 19.9 Å². The van der Waals surface area contributed by atoms with E-state index in [4.69, 9.17) is 19.9 Å². The van der Waals surface area contributed by atoms with Crippen LogP contribution >= 0.6 is 0 Å². The van der Waals surface area contributed by atoms with Crippen LogP contribution in [0.15, 0.2) is 54.6 Å². The first-order valence-electron chi connectivity index (χ1n) is 10.0. The molecule has 2 N–H and O–H groups in total. The van der Waals surface area contributed by atoms with Gasteiger partial charge in [0.1, 0.15) is 13.2 Å². The number of cyclic esters (lactones) is 1. The average molecular weight is 417 g/mol. The molecule has 0 atom stereocenters. The Morgan fingerprint density at radius 3 is 2.42 bits per heavy atom. The minimum absolute atomic E-state index is 0.232. The lowest BCUT2D eigenvalue weighted by molar-refractivity contribution is 0.0535. The van der Waals surface area contributed by atoms with Crippen LogP contribution in [-0.2, 0) is 24.4 Å². The van der Waals surface area contributed by atoms with Crippen molar-refractivity contribution in [3.63, 3.8) is 0 Å². The molecule has 0 radical (unpaired) electrons. The van der Waals surface area contributed by atoms with Gasteiger partial charge in [-0.05, 0) is 41.3 Å². The largest absolute Gasteiger partial charge is 0.493 e. The molecule has 158 valence electrons. The van der Waals surface area contributed by atoms with Crippen LogP contribution in [0, 0.1) is 0 Å². The Bertz CT molecular complexity index is 1150. The summed E-state index contributed by atoms with van der Waals surface area (Å²) in [6.45, 7) is 2.56. The fourth-order valence-corrected chi connectivity index (χ4v) is 3.78. The van der Waals surface area contributed by atoms with Gasteiger partial charge in [0.05, 0.1) is 12.7 Å². The van der Waals surface area contributed by atoms with Crippen LogP contribution in [0.5, 0.6) is 11.5 Å². The van der Waals surface area contributed by atoms with Crippen molar-refractivity contribution in [2.24, 2.45) is 5.73 Å². The van der Waals surface area contributed by atoms with Crippen LogP contribution in [0.25, 0.3) is 11.1 Å². The number of rotatable bonds is 7. The van der Waals surface area contributed by atoms with Crippen LogP contribution < -0.4 is 15.2 Å². The number of nitrogens with two attached hydrogens (primary N) is 1. The van der Waals surface area contributed by atoms with Crippen molar-refractivity contribution in [2.75, 3.05) is 7.11 Å². The maximum absolute atomic E-state index is 12.0. The van der Waals surface area contributed by atoms with Gasteiger partial charge in [-0.2, -0.15) is 0 Å². The van der Waals surface area contributed by atoms with Crippen molar-refractivity contribution >= 4 is 11.9 Å². The molecule has 6 heteroatoms. The summed E-state index contributed by atoms with van der Waals surface area (Å²) in [6.07, 6.45) is 0.779. The van der Waals surface area contributed by atoms with Gasteiger partial charge in [0.2, 0.25) is 5.91 Å². The SMILES string of the molecule is CCc1ccc(-c2cccc3c2COC3=O)c(OCc2ccc(C(N)=O)cc2)c1OC. The van der Waals surface area contributed by atoms with Crippen LogP contribution in [0.4, 0.5) is 0 Å². The van der Waals surface area contributed by atoms with Crippen molar-refractivity contribution in [1.82, 2.24) is 0 Å². The molecule has 3 aromatic rings. The van der Waals surface area contributed by atoms with Crippen LogP contribution in [0.2, 0.25) is 0 Å². The zero-order chi connectivity index (χ0) is 22.0. The first kappa shape index (κ1) is 20.5. The summed E-state index contributed by atoms with van der Waals surface area (Å²) in [5.74, 6) is 0.484. The molecule has 0 aliphatic carbocycles. The highest BCUT2D eigenvalue weighted by molar-refractivity contribution is 5.96. The van der Waals surface area contributed by atoms with Crippen molar-refractivity contribution < 1.29 is 23.8 Å². The molecule has 0 aromatic heterocycles. The number of carbonyl (C=O) groups excluding carboxylic acids is 2. The number of aryl methyl sites for hydroxylation is 1. The summed E-state index contributed by atoms with van der Waals surface area (Å²) in [5.41, 5.74) is 10.8. The zero-order valence-electron chi connectivity index (χ0n) is 17.4. The number of hydrogen-bond acceptors (Lipinski definition) is 5. The molecular weight excluding hydrogens is 394 g/mol. The van der Waals surface area contributed by atoms with Crippen molar-refractivity contribution in [1.29, 1.82) is 0 Å². The maximum Gasteiger partial charge on any atom is 0.338 e. The Morgan fingerprint density at radius 1 is 1.00 bits per heavy atom. The molecule has 4 rings (SSSR count). The highest BCUT2D eigenvalue weighted by Gasteiger charge is 2.26. The molecule has 6 nitrogen and oxygen atoms in total. The minimum atomic E-state index is -0.471. The third-order valence-corrected chi connectivity index (χ3v) is 5.43. The molecule has 0 saturated carbocycles. The quantitative estimate of drug-likeness (QED) is 0.580. The van der Waals surface area contributed by atoms with Gasteiger partial charge in [-0.15, -0.1) is 0 Å². The van der Waals surface area contributed by atoms with E-state index in [1.54, 1.807) is 25.3 Å². The Balaban J connectivity index is 1.75. The highest BCUT2D eigenvalue weighted by Crippen LogP contribution is 2.44. The van der Waals surface area contributed by atoms with E-state index in [1.807, 2.05) is 36.4 Å². The number of hydrogen-bond donors (Lipinski definition) is 1. The van der Waals surface area contributed by atoms with Crippen molar-refractivity contribution in [2.45, 2.75) is 26.6 Å². The molecule has 0 bridgehead atoms. The van der Waals surface area contributed by atoms with E-state index in [9.17, 15) is 9.59 Å². The van der Waals surface area contributed by atoms with Gasteiger partial charge in [0, 0.05) is 16.7 Å². The number of benzene rings is 3. The lowest BCUT2D eigenvalue weighted by Crippen LogP contribution is -2.10. The number of methoxy groups -OCH3 is 1. The van der Waals surface area contributed by atoms with Gasteiger partial charge in [-0.3, -0.25) is 4.79 Å². The second-order valence-corrected chi connectivity index (χ2v) is 7.25. The smallest absolute Gasteiger partial charge is 0.338 e. The Kier molecular flexibility index (Phi) is 5.62. The normalized spacial score (nSPS) is 12.3. The monoisotopic (exact) mass is 417 g/mol. The molecule has 0 fully saturated rings. The first-order valence-corrected chi connectivity index (χ1v) is 10.0. The number of carbonyl (C=O) groups is 2. The minimum Gasteiger partial charge on any atom is -0.493 e. The second kappa shape index (κ2) is 8.52. The van der Waals surface area contributed by atoms with E-state index >= 15 is 0 Å². The molecule has 31 heavy (non-hydrogen) atoms. The number of esters is 1. The van der Waals surface area contributed by atoms with E-state index in [2.05, 4.69) is 6.92 Å². The molecule has 1 aliphatic rings. The highest BCUT2D eigenvalue weighted by atomic mass is 16.5. The molecular formula is C25H23NO5. The third-order valence-electron chi connectivity index (χ3n) is 5.43. The van der Waals surface area contributed by atoms with Crippen LogP contribution in [-0.4, -0.2) is 19.0 Å². The number of fused-ring (bicyclic) bond motifs is 1. The Hall–Kier alpha value is -3.80. The molecule has 0 unspecified atom stereocenters. The summed E-state index contributed by atoms with van der Waals surface area (Å²) >= 11 is 0. The molecule has 0 spiro atoms. The Morgan fingerprint density at radius 2 is 1.74 bits per heavy atom. The predicted molar refractivity (Wildman–Crippen MR) is 116 cm³/mol. The van der Waals surface area contributed by atoms with Gasteiger partial charge >= 0.3 is 5.97 Å². The molecule has 3 aromatic carbocycles. The van der Waals surface area contributed by atoms with Gasteiger partial charge in [0.25, 0.3) is 0 Å². The molecule has 1 amide bonds. The first-order chi connectivity index (χ1) is 15.0. The lowest BCUT2D eigenvalue weighted by atomic mass is 9.94. The van der Waals surface area contributed by atoms with Gasteiger partial charge in [-0.25, -0.2) is 4.79 Å². The summed E-state index contributed by atoms with van der Waals surface area (Å²) in [4.78, 5) is 23.3. The number of ether oxygens (including phenoxy) is 3. The second-order valence-electron chi connectivity index (χ2n) is 7.25. The number of primary amides is 1. The fourth-order valence-electron chi connectivity index (χ4n) is 3.78. The Labute approximate surface area is 180 Å². The molecule has 1 heterocycles. The fraction of sp³-hybridized carbons (Fsp3) is 0.200. The van der Waals surface area contributed by atoms with E-state index in [0.29, 0.717) is 22.6 Å². The zero-order valence-corrected chi connectivity index (χ0v) is 17.4. The van der Waals surface area contributed by atoms with Crippen LogP contribution in [0.3, 0.4) is 0 Å². The van der Waals surface area contributed by atoms with E-state index in [0.717, 1.165) is 34.2 Å². The predicted octanol–water partition coefficient (Wildman–Crippen LogP) is 4.27. The van der Waals surface area contributed by atoms with E-state index in [1.165, 1.54) is 0 Å². The summed E-state index contributed by atoms with van der Waals surface area (Å²) < 4.78 is 17.2. The molecule has 0 saturated heterocycles. The van der Waals surface area contributed by atoms with Gasteiger partial charge in [0.15, 0.2) is 11.5 Å². The standard InChI is InChI=1S/C25H23NO5/c1-3-16-11-12-19(18-5-4-6-20-21(18)14-31-25(20)28)23(22(16)29-2)30-13-15-7-9-17(10-8-15)24(26)27/h4-12H,3,13-14H2,1-2H3,(H2,26,27). The summed E-state index contributed by atoms with van der Waals surface area (Å²) in [7, 11) is 1.62. The third kappa shape index (κ3) is 3.84. The molecule has 1 aliphatic heterocycles. The van der Waals surface area contributed by atoms with Crippen molar-refractivity contribution in [3.05, 3.63) is 82.4 Å². The van der Waals surface area contributed by atoms with E-state index in [-0.39, 0.29) is 19.2 Å². The topological polar surface area (TPSA) is 87.9 Å². The van der Waals surface area contributed by atoms with Crippen molar-refractivity contribution in [3.8, 4) is 22.6 Å². The maximum atomic E-state index is 12.0. The van der Waals surface area contributed by atoms with E-state index < -0.39 is 5.91 Å². The summed E-state index contributed by atoms with van der Waals surface area (Å²) in [6, 6.07) is 16.5. The van der Waals surface area contributed by atoms with Crippen LogP contribution in [0.1, 0.15) is 44.3 Å². The lowest BCUT2D eigenvalue weighted by Gasteiger charge is -2.19. The average Bonchev–Trinajstić information content (AvgIpc) is 3.18.